The topological polar surface area (TPSA) is 129 Å². The molecule has 0 aliphatic heterocycles. The van der Waals surface area contributed by atoms with Crippen LogP contribution in [0, 0.1) is 0 Å². The number of aliphatic carboxylic acids is 1. The lowest BCUT2D eigenvalue weighted by atomic mass is 9.77. The fraction of sp³-hybridized carbons (Fsp3) is 0.500. The molecule has 1 aliphatic rings. The highest BCUT2D eigenvalue weighted by Crippen LogP contribution is 2.37. The van der Waals surface area contributed by atoms with Gasteiger partial charge in [-0.25, -0.2) is 0 Å². The molecule has 0 unspecified atom stereocenters. The highest BCUT2D eigenvalue weighted by Gasteiger charge is 2.27. The van der Waals surface area contributed by atoms with Gasteiger partial charge in [0.05, 0.1) is 20.6 Å². The molecule has 0 fully saturated rings. The van der Waals surface area contributed by atoms with Crippen LogP contribution in [0.5, 0.6) is 17.2 Å². The van der Waals surface area contributed by atoms with Crippen molar-refractivity contribution in [2.75, 3.05) is 54.2 Å². The molecule has 0 radical (unpaired) electrons. The van der Waals surface area contributed by atoms with E-state index in [1.54, 1.807) is 19.2 Å². The Labute approximate surface area is 211 Å². The Balaban J connectivity index is 1.44. The molecule has 10 nitrogen and oxygen atoms in total. The number of hydrogen-bond donors (Lipinski definition) is 2. The monoisotopic (exact) mass is 497 g/mol. The Morgan fingerprint density at radius 2 is 2.00 bits per heavy atom. The molecule has 194 valence electrons. The maximum Gasteiger partial charge on any atom is 0.307 e. The average Bonchev–Trinajstić information content (AvgIpc) is 2.85. The molecule has 0 heterocycles. The Hall–Kier alpha value is -3.46. The van der Waals surface area contributed by atoms with Crippen LogP contribution in [-0.4, -0.2) is 70.2 Å². The lowest BCUT2D eigenvalue weighted by Crippen LogP contribution is -2.32. The van der Waals surface area contributed by atoms with Crippen LogP contribution in [0.2, 0.25) is 0 Å². The first-order valence-electron chi connectivity index (χ1n) is 12.1. The van der Waals surface area contributed by atoms with Gasteiger partial charge in [-0.05, 0) is 98.0 Å². The lowest BCUT2D eigenvalue weighted by Gasteiger charge is -2.33. The maximum atomic E-state index is 11.3. The number of likely N-dealkylation sites (N-methyl/N-ethyl adjacent to an activating group) is 1. The normalized spacial score (nSPS) is 13.9. The van der Waals surface area contributed by atoms with Gasteiger partial charge in [0, 0.05) is 17.4 Å². The van der Waals surface area contributed by atoms with Crippen LogP contribution in [0.25, 0.3) is 10.4 Å². The van der Waals surface area contributed by atoms with Crippen molar-refractivity contribution in [1.82, 2.24) is 10.2 Å². The highest BCUT2D eigenvalue weighted by atomic mass is 16.5. The molecule has 1 atom stereocenters. The zero-order chi connectivity index (χ0) is 25.9. The summed E-state index contributed by atoms with van der Waals surface area (Å²) in [5.74, 6) is 1.40. The second-order valence-corrected chi connectivity index (χ2v) is 8.93. The van der Waals surface area contributed by atoms with Crippen molar-refractivity contribution in [1.29, 1.82) is 0 Å². The third-order valence-electron chi connectivity index (χ3n) is 6.42. The van der Waals surface area contributed by atoms with Crippen LogP contribution in [0.4, 0.5) is 0 Å². The van der Waals surface area contributed by atoms with E-state index in [2.05, 4.69) is 39.4 Å². The number of nitrogens with zero attached hydrogens (tertiary/aromatic N) is 4. The minimum absolute atomic E-state index is 0.108. The van der Waals surface area contributed by atoms with Crippen LogP contribution in [0.3, 0.4) is 0 Å². The van der Waals surface area contributed by atoms with Crippen molar-refractivity contribution in [3.05, 3.63) is 63.0 Å². The molecule has 0 aromatic heterocycles. The number of carboxylic acid groups (broad SMARTS) is 1. The van der Waals surface area contributed by atoms with Crippen LogP contribution in [-0.2, 0) is 24.1 Å². The summed E-state index contributed by atoms with van der Waals surface area (Å²) in [4.78, 5) is 16.4. The molecule has 0 bridgehead atoms. The molecule has 36 heavy (non-hydrogen) atoms. The summed E-state index contributed by atoms with van der Waals surface area (Å²) < 4.78 is 16.2. The summed E-state index contributed by atoms with van der Waals surface area (Å²) in [6, 6.07) is 9.79. The third kappa shape index (κ3) is 7.52. The number of benzene rings is 2. The molecule has 0 amide bonds. The lowest BCUT2D eigenvalue weighted by molar-refractivity contribution is -0.136. The number of hydrogen-bond acceptors (Lipinski definition) is 7. The van der Waals surface area contributed by atoms with Gasteiger partial charge in [-0.1, -0.05) is 11.2 Å². The zero-order valence-electron chi connectivity index (χ0n) is 21.2. The van der Waals surface area contributed by atoms with E-state index in [1.165, 1.54) is 18.2 Å². The number of carboxylic acids is 1. The van der Waals surface area contributed by atoms with Crippen molar-refractivity contribution < 1.29 is 24.1 Å². The molecule has 0 spiro atoms. The zero-order valence-corrected chi connectivity index (χ0v) is 21.2. The molecule has 1 aliphatic carbocycles. The van der Waals surface area contributed by atoms with E-state index in [-0.39, 0.29) is 13.2 Å². The first-order chi connectivity index (χ1) is 17.4. The summed E-state index contributed by atoms with van der Waals surface area (Å²) in [5.41, 5.74) is 12.8. The van der Waals surface area contributed by atoms with Gasteiger partial charge in [-0.15, -0.1) is 0 Å². The van der Waals surface area contributed by atoms with Crippen LogP contribution < -0.4 is 19.5 Å². The first-order valence-corrected chi connectivity index (χ1v) is 12.1. The van der Waals surface area contributed by atoms with Gasteiger partial charge < -0.3 is 29.5 Å². The molecule has 2 N–H and O–H groups in total. The minimum Gasteiger partial charge on any atom is -0.497 e. The number of nitrogens with one attached hydrogen (secondary N) is 1. The van der Waals surface area contributed by atoms with E-state index in [0.717, 1.165) is 43.8 Å². The summed E-state index contributed by atoms with van der Waals surface area (Å²) in [6.45, 7) is 3.42. The number of azide groups is 1. The molecule has 3 rings (SSSR count). The van der Waals surface area contributed by atoms with Gasteiger partial charge in [-0.2, -0.15) is 0 Å². The molecule has 0 saturated carbocycles. The summed E-state index contributed by atoms with van der Waals surface area (Å²) in [5, 5.41) is 16.1. The second-order valence-electron chi connectivity index (χ2n) is 8.93. The summed E-state index contributed by atoms with van der Waals surface area (Å²) >= 11 is 0. The van der Waals surface area contributed by atoms with Gasteiger partial charge in [0.25, 0.3) is 0 Å². The van der Waals surface area contributed by atoms with Crippen LogP contribution >= 0.6 is 0 Å². The van der Waals surface area contributed by atoms with Gasteiger partial charge in [0.15, 0.2) is 18.2 Å². The molecular formula is C26H35N5O5. The fourth-order valence-corrected chi connectivity index (χ4v) is 4.56. The molecule has 10 heteroatoms. The molecule has 2 aromatic rings. The van der Waals surface area contributed by atoms with Crippen molar-refractivity contribution in [2.45, 2.75) is 31.6 Å². The Morgan fingerprint density at radius 3 is 2.72 bits per heavy atom. The van der Waals surface area contributed by atoms with Crippen LogP contribution in [0.1, 0.15) is 34.6 Å². The quantitative estimate of drug-likeness (QED) is 0.156. The largest absolute Gasteiger partial charge is 0.497 e. The molecule has 0 saturated heterocycles. The van der Waals surface area contributed by atoms with E-state index in [0.29, 0.717) is 35.9 Å². The number of fused-ring (bicyclic) bond motifs is 1. The number of methoxy groups -OCH3 is 2. The Morgan fingerprint density at radius 1 is 1.19 bits per heavy atom. The standard InChI is InChI=1S/C26H35N5O5/c1-31(16-21-11-19-5-6-22(34-2)15-23(19)21)10-4-8-28-9-7-18-12-25(36-17-29-30-27)24(35-3)13-20(18)14-26(32)33/h5-6,12-13,15,21,28H,4,7-11,14,16-17H2,1-3H3,(H,32,33)/t21-/m1/s1. The van der Waals surface area contributed by atoms with Gasteiger partial charge in [0.1, 0.15) is 5.75 Å². The minimum atomic E-state index is -0.912. The van der Waals surface area contributed by atoms with E-state index in [9.17, 15) is 9.90 Å². The Kier molecular flexibility index (Phi) is 10.2. The molecular weight excluding hydrogens is 462 g/mol. The second kappa shape index (κ2) is 13.6. The summed E-state index contributed by atoms with van der Waals surface area (Å²) in [7, 11) is 5.35. The fourth-order valence-electron chi connectivity index (χ4n) is 4.56. The van der Waals surface area contributed by atoms with Crippen molar-refractivity contribution in [2.24, 2.45) is 5.11 Å². The average molecular weight is 498 g/mol. The first kappa shape index (κ1) is 27.1. The smallest absolute Gasteiger partial charge is 0.307 e. The highest BCUT2D eigenvalue weighted by molar-refractivity contribution is 5.71. The SMILES string of the molecule is COc1ccc2c(c1)[C@@H](CN(C)CCCNCCc1cc(OCN=[N+]=[N-])c(OC)cc1CC(=O)O)C2. The molecule has 2 aromatic carbocycles. The predicted octanol–water partition coefficient (Wildman–Crippen LogP) is 3.77. The van der Waals surface area contributed by atoms with Crippen molar-refractivity contribution in [3.63, 3.8) is 0 Å². The Bertz CT molecular complexity index is 1090. The number of ether oxygens (including phenoxy) is 3. The van der Waals surface area contributed by atoms with E-state index in [1.807, 2.05) is 6.07 Å². The van der Waals surface area contributed by atoms with Crippen LogP contribution in [0.15, 0.2) is 35.4 Å². The number of rotatable bonds is 16. The van der Waals surface area contributed by atoms with Crippen molar-refractivity contribution in [3.8, 4) is 17.2 Å². The van der Waals surface area contributed by atoms with Gasteiger partial charge in [-0.3, -0.25) is 4.79 Å². The van der Waals surface area contributed by atoms with Gasteiger partial charge in [0.2, 0.25) is 0 Å². The summed E-state index contributed by atoms with van der Waals surface area (Å²) in [6.07, 6.45) is 2.67. The van der Waals surface area contributed by atoms with E-state index < -0.39 is 5.97 Å². The van der Waals surface area contributed by atoms with E-state index >= 15 is 0 Å². The number of carbonyl (C=O) groups is 1. The third-order valence-corrected chi connectivity index (χ3v) is 6.42. The maximum absolute atomic E-state index is 11.3. The van der Waals surface area contributed by atoms with Crippen molar-refractivity contribution >= 4 is 5.97 Å². The van der Waals surface area contributed by atoms with E-state index in [4.69, 9.17) is 19.7 Å². The van der Waals surface area contributed by atoms with Gasteiger partial charge >= 0.3 is 5.97 Å². The predicted molar refractivity (Wildman–Crippen MR) is 137 cm³/mol.